The highest BCUT2D eigenvalue weighted by molar-refractivity contribution is 5.94. The molecule has 1 aliphatic rings. The molecule has 0 bridgehead atoms. The van der Waals surface area contributed by atoms with E-state index in [-0.39, 0.29) is 5.91 Å². The first kappa shape index (κ1) is 19.3. The molecule has 0 saturated carbocycles. The van der Waals surface area contributed by atoms with E-state index in [0.717, 1.165) is 43.0 Å². The van der Waals surface area contributed by atoms with Crippen molar-refractivity contribution in [2.75, 3.05) is 20.2 Å². The molecule has 27 heavy (non-hydrogen) atoms. The molecule has 0 atom stereocenters. The monoisotopic (exact) mass is 367 g/mol. The van der Waals surface area contributed by atoms with Gasteiger partial charge in [0.1, 0.15) is 18.1 Å². The number of aryl methyl sites for hydroxylation is 2. The first-order valence-electron chi connectivity index (χ1n) is 9.74. The predicted molar refractivity (Wildman–Crippen MR) is 108 cm³/mol. The number of amides is 1. The Morgan fingerprint density at radius 1 is 0.963 bits per heavy atom. The lowest BCUT2D eigenvalue weighted by Gasteiger charge is -2.21. The molecule has 4 heteroatoms. The summed E-state index contributed by atoms with van der Waals surface area (Å²) in [7, 11) is 1.64. The molecule has 2 aromatic rings. The van der Waals surface area contributed by atoms with Crippen LogP contribution in [-0.4, -0.2) is 31.0 Å². The fourth-order valence-corrected chi connectivity index (χ4v) is 3.66. The molecule has 1 amide bonds. The highest BCUT2D eigenvalue weighted by atomic mass is 16.5. The summed E-state index contributed by atoms with van der Waals surface area (Å²) in [6.45, 7) is 6.17. The number of hydrogen-bond donors (Lipinski definition) is 0. The standard InChI is InChI=1S/C23H29NO3/c1-17-12-18(2)14-21(13-17)27-16-20-15-19(8-9-22(20)26-3)23(25)24-10-6-4-5-7-11-24/h8-9,12-15H,4-7,10-11,16H2,1-3H3. The number of nitrogens with zero attached hydrogens (tertiary/aromatic N) is 1. The Hall–Kier alpha value is -2.49. The van der Waals surface area contributed by atoms with Gasteiger partial charge in [-0.2, -0.15) is 0 Å². The van der Waals surface area contributed by atoms with E-state index in [9.17, 15) is 4.79 Å². The number of benzene rings is 2. The molecule has 0 aromatic heterocycles. The van der Waals surface area contributed by atoms with Crippen LogP contribution in [0.3, 0.4) is 0 Å². The van der Waals surface area contributed by atoms with Crippen LogP contribution in [-0.2, 0) is 6.61 Å². The molecule has 0 N–H and O–H groups in total. The number of carbonyl (C=O) groups is 1. The van der Waals surface area contributed by atoms with Crippen LogP contribution in [0, 0.1) is 13.8 Å². The van der Waals surface area contributed by atoms with Crippen LogP contribution in [0.1, 0.15) is 52.7 Å². The van der Waals surface area contributed by atoms with Crippen molar-refractivity contribution in [3.05, 3.63) is 58.7 Å². The molecule has 0 aliphatic carbocycles. The maximum absolute atomic E-state index is 12.9. The van der Waals surface area contributed by atoms with Crippen LogP contribution in [0.15, 0.2) is 36.4 Å². The zero-order chi connectivity index (χ0) is 19.2. The largest absolute Gasteiger partial charge is 0.496 e. The van der Waals surface area contributed by atoms with Crippen LogP contribution < -0.4 is 9.47 Å². The molecular weight excluding hydrogens is 338 g/mol. The molecule has 2 aromatic carbocycles. The van der Waals surface area contributed by atoms with Gasteiger partial charge in [-0.1, -0.05) is 18.9 Å². The average Bonchev–Trinajstić information content (AvgIpc) is 2.94. The van der Waals surface area contributed by atoms with Gasteiger partial charge < -0.3 is 14.4 Å². The lowest BCUT2D eigenvalue weighted by molar-refractivity contribution is 0.0761. The number of carbonyl (C=O) groups excluding carboxylic acids is 1. The van der Waals surface area contributed by atoms with Gasteiger partial charge in [-0.3, -0.25) is 4.79 Å². The van der Waals surface area contributed by atoms with E-state index in [4.69, 9.17) is 9.47 Å². The van der Waals surface area contributed by atoms with Gasteiger partial charge in [0, 0.05) is 24.2 Å². The minimum atomic E-state index is 0.104. The van der Waals surface area contributed by atoms with Gasteiger partial charge in [-0.15, -0.1) is 0 Å². The first-order valence-corrected chi connectivity index (χ1v) is 9.74. The van der Waals surface area contributed by atoms with Gasteiger partial charge >= 0.3 is 0 Å². The predicted octanol–water partition coefficient (Wildman–Crippen LogP) is 4.91. The van der Waals surface area contributed by atoms with Crippen molar-refractivity contribution in [2.24, 2.45) is 0 Å². The van der Waals surface area contributed by atoms with Crippen LogP contribution in [0.25, 0.3) is 0 Å². The van der Waals surface area contributed by atoms with Crippen molar-refractivity contribution < 1.29 is 14.3 Å². The number of hydrogen-bond acceptors (Lipinski definition) is 3. The average molecular weight is 367 g/mol. The summed E-state index contributed by atoms with van der Waals surface area (Å²) in [4.78, 5) is 14.9. The van der Waals surface area contributed by atoms with Gasteiger partial charge in [0.25, 0.3) is 5.91 Å². The minimum Gasteiger partial charge on any atom is -0.496 e. The summed E-state index contributed by atoms with van der Waals surface area (Å²) in [5, 5.41) is 0. The summed E-state index contributed by atoms with van der Waals surface area (Å²) in [5.74, 6) is 1.68. The van der Waals surface area contributed by atoms with E-state index >= 15 is 0 Å². The number of methoxy groups -OCH3 is 1. The van der Waals surface area contributed by atoms with Crippen LogP contribution in [0.4, 0.5) is 0 Å². The molecule has 1 fully saturated rings. The van der Waals surface area contributed by atoms with Crippen LogP contribution >= 0.6 is 0 Å². The number of likely N-dealkylation sites (tertiary alicyclic amines) is 1. The SMILES string of the molecule is COc1ccc(C(=O)N2CCCCCC2)cc1COc1cc(C)cc(C)c1. The molecule has 0 unspecified atom stereocenters. The minimum absolute atomic E-state index is 0.104. The first-order chi connectivity index (χ1) is 13.1. The maximum Gasteiger partial charge on any atom is 0.253 e. The van der Waals surface area contributed by atoms with Gasteiger partial charge in [0.15, 0.2) is 0 Å². The second-order valence-corrected chi connectivity index (χ2v) is 7.35. The Kier molecular flexibility index (Phi) is 6.38. The Balaban J connectivity index is 1.77. The summed E-state index contributed by atoms with van der Waals surface area (Å²) in [6.07, 6.45) is 4.60. The fraction of sp³-hybridized carbons (Fsp3) is 0.435. The second-order valence-electron chi connectivity index (χ2n) is 7.35. The van der Waals surface area contributed by atoms with Gasteiger partial charge in [0.2, 0.25) is 0 Å². The molecule has 0 spiro atoms. The summed E-state index contributed by atoms with van der Waals surface area (Å²) in [5.41, 5.74) is 3.93. The zero-order valence-corrected chi connectivity index (χ0v) is 16.6. The second kappa shape index (κ2) is 8.94. The van der Waals surface area contributed by atoms with Crippen molar-refractivity contribution in [1.82, 2.24) is 4.90 Å². The lowest BCUT2D eigenvalue weighted by Crippen LogP contribution is -2.31. The van der Waals surface area contributed by atoms with Gasteiger partial charge in [-0.25, -0.2) is 0 Å². The fourth-order valence-electron chi connectivity index (χ4n) is 3.66. The van der Waals surface area contributed by atoms with Gasteiger partial charge in [-0.05, 0) is 68.1 Å². The summed E-state index contributed by atoms with van der Waals surface area (Å²) in [6, 6.07) is 11.8. The quantitative estimate of drug-likeness (QED) is 0.754. The van der Waals surface area contributed by atoms with E-state index in [1.807, 2.05) is 35.2 Å². The number of ether oxygens (including phenoxy) is 2. The molecule has 0 radical (unpaired) electrons. The third-order valence-electron chi connectivity index (χ3n) is 5.01. The Bertz CT molecular complexity index is 772. The van der Waals surface area contributed by atoms with E-state index in [2.05, 4.69) is 19.9 Å². The Morgan fingerprint density at radius 3 is 2.26 bits per heavy atom. The van der Waals surface area contributed by atoms with E-state index in [0.29, 0.717) is 12.2 Å². The van der Waals surface area contributed by atoms with Crippen molar-refractivity contribution >= 4 is 5.91 Å². The summed E-state index contributed by atoms with van der Waals surface area (Å²) < 4.78 is 11.5. The van der Waals surface area contributed by atoms with E-state index in [1.54, 1.807) is 7.11 Å². The third kappa shape index (κ3) is 5.03. The molecule has 1 heterocycles. The topological polar surface area (TPSA) is 38.8 Å². The van der Waals surface area contributed by atoms with Crippen molar-refractivity contribution in [3.8, 4) is 11.5 Å². The normalized spacial score (nSPS) is 14.6. The number of rotatable bonds is 5. The van der Waals surface area contributed by atoms with Crippen LogP contribution in [0.2, 0.25) is 0 Å². The van der Waals surface area contributed by atoms with Gasteiger partial charge in [0.05, 0.1) is 7.11 Å². The zero-order valence-electron chi connectivity index (χ0n) is 16.6. The van der Waals surface area contributed by atoms with E-state index in [1.165, 1.54) is 24.0 Å². The molecule has 144 valence electrons. The molecule has 4 nitrogen and oxygen atoms in total. The maximum atomic E-state index is 12.9. The molecule has 1 aliphatic heterocycles. The highest BCUT2D eigenvalue weighted by Gasteiger charge is 2.18. The van der Waals surface area contributed by atoms with E-state index < -0.39 is 0 Å². The highest BCUT2D eigenvalue weighted by Crippen LogP contribution is 2.24. The van der Waals surface area contributed by atoms with Crippen molar-refractivity contribution in [1.29, 1.82) is 0 Å². The smallest absolute Gasteiger partial charge is 0.253 e. The molecule has 1 saturated heterocycles. The van der Waals surface area contributed by atoms with Crippen LogP contribution in [0.5, 0.6) is 11.5 Å². The molecular formula is C23H29NO3. The lowest BCUT2D eigenvalue weighted by atomic mass is 10.1. The molecule has 3 rings (SSSR count). The third-order valence-corrected chi connectivity index (χ3v) is 5.01. The Morgan fingerprint density at radius 2 is 1.63 bits per heavy atom. The Labute approximate surface area is 162 Å². The summed E-state index contributed by atoms with van der Waals surface area (Å²) >= 11 is 0. The van der Waals surface area contributed by atoms with Crippen molar-refractivity contribution in [2.45, 2.75) is 46.1 Å². The van der Waals surface area contributed by atoms with Crippen molar-refractivity contribution in [3.63, 3.8) is 0 Å².